The van der Waals surface area contributed by atoms with Crippen LogP contribution in [-0.2, 0) is 0 Å². The van der Waals surface area contributed by atoms with Gasteiger partial charge >= 0.3 is 6.03 Å². The molecule has 0 aliphatic carbocycles. The number of carbonyl (C=O) groups is 1. The Morgan fingerprint density at radius 1 is 1.04 bits per heavy atom. The lowest BCUT2D eigenvalue weighted by atomic mass is 10.2. The van der Waals surface area contributed by atoms with Gasteiger partial charge in [-0.05, 0) is 36.4 Å². The number of halogens is 2. The zero-order chi connectivity index (χ0) is 17.8. The molecule has 1 heterocycles. The van der Waals surface area contributed by atoms with Gasteiger partial charge in [0.25, 0.3) is 0 Å². The minimum absolute atomic E-state index is 0.0241. The molecule has 0 aromatic heterocycles. The Labute approximate surface area is 144 Å². The number of hydrogen-bond donors (Lipinski definition) is 1. The number of amides is 2. The number of urea groups is 1. The Morgan fingerprint density at radius 2 is 1.72 bits per heavy atom. The molecule has 2 aromatic rings. The van der Waals surface area contributed by atoms with E-state index in [1.807, 2.05) is 24.3 Å². The van der Waals surface area contributed by atoms with E-state index in [9.17, 15) is 13.6 Å². The van der Waals surface area contributed by atoms with Crippen molar-refractivity contribution in [1.82, 2.24) is 4.90 Å². The maximum absolute atomic E-state index is 13.6. The molecule has 1 N–H and O–H groups in total. The molecule has 0 bridgehead atoms. The molecule has 0 spiro atoms. The second-order valence-corrected chi connectivity index (χ2v) is 5.73. The Bertz CT molecular complexity index is 744. The standard InChI is InChI=1S/C18H19F2N3O2/c1-25-15-5-3-14(4-6-15)22-8-10-23(11-9-22)18(24)21-17-7-2-13(19)12-16(17)20/h2-7,12H,8-11H2,1H3,(H,21,24). The summed E-state index contributed by atoms with van der Waals surface area (Å²) >= 11 is 0. The number of rotatable bonds is 3. The first-order chi connectivity index (χ1) is 12.1. The Kier molecular flexibility index (Phi) is 5.02. The molecule has 1 aliphatic rings. The lowest BCUT2D eigenvalue weighted by Crippen LogP contribution is -2.50. The summed E-state index contributed by atoms with van der Waals surface area (Å²) in [5, 5.41) is 2.49. The van der Waals surface area contributed by atoms with E-state index in [0.717, 1.165) is 23.6 Å². The van der Waals surface area contributed by atoms with Crippen molar-refractivity contribution >= 4 is 17.4 Å². The number of ether oxygens (including phenoxy) is 1. The number of nitrogens with zero attached hydrogens (tertiary/aromatic N) is 2. The monoisotopic (exact) mass is 347 g/mol. The first-order valence-electron chi connectivity index (χ1n) is 7.97. The van der Waals surface area contributed by atoms with Gasteiger partial charge in [-0.25, -0.2) is 13.6 Å². The number of anilines is 2. The quantitative estimate of drug-likeness (QED) is 0.926. The second kappa shape index (κ2) is 7.38. The number of hydrogen-bond acceptors (Lipinski definition) is 3. The van der Waals surface area contributed by atoms with Gasteiger partial charge < -0.3 is 19.9 Å². The minimum atomic E-state index is -0.787. The zero-order valence-electron chi connectivity index (χ0n) is 13.8. The van der Waals surface area contributed by atoms with E-state index in [-0.39, 0.29) is 11.7 Å². The Hall–Kier alpha value is -2.83. The molecule has 5 nitrogen and oxygen atoms in total. The first-order valence-corrected chi connectivity index (χ1v) is 7.97. The van der Waals surface area contributed by atoms with Gasteiger partial charge in [0, 0.05) is 37.9 Å². The van der Waals surface area contributed by atoms with Crippen LogP contribution in [0.1, 0.15) is 0 Å². The molecule has 0 unspecified atom stereocenters. The fourth-order valence-electron chi connectivity index (χ4n) is 2.75. The van der Waals surface area contributed by atoms with Crippen molar-refractivity contribution in [3.8, 4) is 5.75 Å². The molecule has 0 atom stereocenters. The summed E-state index contributed by atoms with van der Waals surface area (Å²) in [4.78, 5) is 16.0. The summed E-state index contributed by atoms with van der Waals surface area (Å²) in [6.07, 6.45) is 0. The van der Waals surface area contributed by atoms with Crippen molar-refractivity contribution < 1.29 is 18.3 Å². The van der Waals surface area contributed by atoms with E-state index in [1.54, 1.807) is 12.0 Å². The summed E-state index contributed by atoms with van der Waals surface area (Å²) in [6, 6.07) is 10.4. The van der Waals surface area contributed by atoms with Crippen LogP contribution >= 0.6 is 0 Å². The van der Waals surface area contributed by atoms with Crippen LogP contribution in [0.5, 0.6) is 5.75 Å². The van der Waals surface area contributed by atoms with Crippen molar-refractivity contribution in [3.05, 3.63) is 54.1 Å². The minimum Gasteiger partial charge on any atom is -0.497 e. The highest BCUT2D eigenvalue weighted by molar-refractivity contribution is 5.89. The maximum Gasteiger partial charge on any atom is 0.322 e. The predicted molar refractivity (Wildman–Crippen MR) is 92.2 cm³/mol. The fourth-order valence-corrected chi connectivity index (χ4v) is 2.75. The lowest BCUT2D eigenvalue weighted by Gasteiger charge is -2.36. The molecule has 1 saturated heterocycles. The van der Waals surface area contributed by atoms with Crippen molar-refractivity contribution in [1.29, 1.82) is 0 Å². The van der Waals surface area contributed by atoms with E-state index in [2.05, 4.69) is 10.2 Å². The van der Waals surface area contributed by atoms with E-state index >= 15 is 0 Å². The number of benzene rings is 2. The topological polar surface area (TPSA) is 44.8 Å². The average Bonchev–Trinajstić information content (AvgIpc) is 2.64. The van der Waals surface area contributed by atoms with Crippen LogP contribution in [0.25, 0.3) is 0 Å². The van der Waals surface area contributed by atoms with Crippen LogP contribution in [0, 0.1) is 11.6 Å². The highest BCUT2D eigenvalue weighted by atomic mass is 19.1. The molecule has 0 radical (unpaired) electrons. The van der Waals surface area contributed by atoms with Crippen molar-refractivity contribution in [2.75, 3.05) is 43.5 Å². The Morgan fingerprint density at radius 3 is 2.32 bits per heavy atom. The third kappa shape index (κ3) is 3.99. The number of piperazine rings is 1. The normalized spacial score (nSPS) is 14.4. The number of methoxy groups -OCH3 is 1. The van der Waals surface area contributed by atoms with E-state index in [1.165, 1.54) is 6.07 Å². The lowest BCUT2D eigenvalue weighted by molar-refractivity contribution is 0.208. The van der Waals surface area contributed by atoms with Crippen LogP contribution in [0.15, 0.2) is 42.5 Å². The molecule has 2 aromatic carbocycles. The van der Waals surface area contributed by atoms with Gasteiger partial charge in [-0.15, -0.1) is 0 Å². The SMILES string of the molecule is COc1ccc(N2CCN(C(=O)Nc3ccc(F)cc3F)CC2)cc1. The molecule has 3 rings (SSSR count). The zero-order valence-corrected chi connectivity index (χ0v) is 13.8. The molecule has 132 valence electrons. The van der Waals surface area contributed by atoms with Gasteiger partial charge in [-0.1, -0.05) is 0 Å². The predicted octanol–water partition coefficient (Wildman–Crippen LogP) is 3.33. The van der Waals surface area contributed by atoms with Gasteiger partial charge in [0.2, 0.25) is 0 Å². The van der Waals surface area contributed by atoms with Crippen molar-refractivity contribution in [2.24, 2.45) is 0 Å². The van der Waals surface area contributed by atoms with Crippen LogP contribution < -0.4 is 15.0 Å². The van der Waals surface area contributed by atoms with Gasteiger partial charge in [0.05, 0.1) is 12.8 Å². The smallest absolute Gasteiger partial charge is 0.322 e. The molecule has 1 fully saturated rings. The second-order valence-electron chi connectivity index (χ2n) is 5.73. The maximum atomic E-state index is 13.6. The van der Waals surface area contributed by atoms with Gasteiger partial charge in [0.15, 0.2) is 0 Å². The van der Waals surface area contributed by atoms with E-state index in [4.69, 9.17) is 4.74 Å². The third-order valence-corrected chi connectivity index (χ3v) is 4.18. The molecule has 25 heavy (non-hydrogen) atoms. The summed E-state index contributed by atoms with van der Waals surface area (Å²) in [5.41, 5.74) is 1.04. The molecule has 0 saturated carbocycles. The van der Waals surface area contributed by atoms with Crippen LogP contribution in [0.2, 0.25) is 0 Å². The summed E-state index contributed by atoms with van der Waals surface area (Å²) in [7, 11) is 1.62. The van der Waals surface area contributed by atoms with Crippen molar-refractivity contribution in [3.63, 3.8) is 0 Å². The largest absolute Gasteiger partial charge is 0.497 e. The average molecular weight is 347 g/mol. The molecule has 1 aliphatic heterocycles. The number of carbonyl (C=O) groups excluding carboxylic acids is 1. The van der Waals surface area contributed by atoms with E-state index < -0.39 is 11.6 Å². The summed E-state index contributed by atoms with van der Waals surface area (Å²) in [5.74, 6) is -0.670. The van der Waals surface area contributed by atoms with Crippen LogP contribution in [-0.4, -0.2) is 44.2 Å². The van der Waals surface area contributed by atoms with Gasteiger partial charge in [-0.2, -0.15) is 0 Å². The van der Waals surface area contributed by atoms with Gasteiger partial charge in [-0.3, -0.25) is 0 Å². The third-order valence-electron chi connectivity index (χ3n) is 4.18. The first kappa shape index (κ1) is 17.0. The molecule has 7 heteroatoms. The molecular formula is C18H19F2N3O2. The summed E-state index contributed by atoms with van der Waals surface area (Å²) < 4.78 is 31.7. The van der Waals surface area contributed by atoms with Crippen molar-refractivity contribution in [2.45, 2.75) is 0 Å². The summed E-state index contributed by atoms with van der Waals surface area (Å²) in [6.45, 7) is 2.37. The molecular weight excluding hydrogens is 328 g/mol. The van der Waals surface area contributed by atoms with E-state index in [0.29, 0.717) is 26.2 Å². The van der Waals surface area contributed by atoms with Crippen LogP contribution in [0.3, 0.4) is 0 Å². The molecule has 2 amide bonds. The highest BCUT2D eigenvalue weighted by Crippen LogP contribution is 2.21. The number of nitrogens with one attached hydrogen (secondary N) is 1. The highest BCUT2D eigenvalue weighted by Gasteiger charge is 2.22. The Balaban J connectivity index is 1.56. The van der Waals surface area contributed by atoms with Crippen LogP contribution in [0.4, 0.5) is 25.0 Å². The fraction of sp³-hybridized carbons (Fsp3) is 0.278. The van der Waals surface area contributed by atoms with Gasteiger partial charge in [0.1, 0.15) is 17.4 Å².